The van der Waals surface area contributed by atoms with Gasteiger partial charge in [-0.15, -0.1) is 0 Å². The Balaban J connectivity index is 2.09. The minimum Gasteiger partial charge on any atom is -0.353 e. The number of aliphatic hydroxyl groups is 1. The zero-order valence-electron chi connectivity index (χ0n) is 11.4. The van der Waals surface area contributed by atoms with Crippen LogP contribution < -0.4 is 10.6 Å². The van der Waals surface area contributed by atoms with Crippen molar-refractivity contribution in [3.8, 4) is 0 Å². The van der Waals surface area contributed by atoms with Crippen LogP contribution in [0.1, 0.15) is 27.2 Å². The van der Waals surface area contributed by atoms with E-state index in [-0.39, 0.29) is 12.0 Å². The standard InChI is InChI=1S/C14H24N2O2/c1-13(2,3)18-14(17,16-12-9-15-10-12)11-7-5-4-6-8-11/h4-7,11-12,15-17H,8-10H2,1-3H3/t11-,14-/m0/s1. The lowest BCUT2D eigenvalue weighted by Gasteiger charge is -2.44. The van der Waals surface area contributed by atoms with Crippen LogP contribution in [0.25, 0.3) is 0 Å². The summed E-state index contributed by atoms with van der Waals surface area (Å²) in [6, 6.07) is 0.275. The maximum atomic E-state index is 10.9. The Morgan fingerprint density at radius 3 is 2.44 bits per heavy atom. The zero-order chi connectivity index (χ0) is 13.2. The molecule has 3 N–H and O–H groups in total. The highest BCUT2D eigenvalue weighted by Gasteiger charge is 2.42. The normalized spacial score (nSPS) is 27.9. The Morgan fingerprint density at radius 1 is 1.28 bits per heavy atom. The highest BCUT2D eigenvalue weighted by Crippen LogP contribution is 2.29. The van der Waals surface area contributed by atoms with Gasteiger partial charge in [0.05, 0.1) is 5.60 Å². The van der Waals surface area contributed by atoms with Crippen molar-refractivity contribution < 1.29 is 9.84 Å². The summed E-state index contributed by atoms with van der Waals surface area (Å²) < 4.78 is 5.90. The molecule has 1 fully saturated rings. The van der Waals surface area contributed by atoms with Crippen LogP contribution in [0.3, 0.4) is 0 Å². The summed E-state index contributed by atoms with van der Waals surface area (Å²) in [6.07, 6.45) is 8.81. The van der Waals surface area contributed by atoms with E-state index in [0.29, 0.717) is 0 Å². The molecule has 1 aliphatic heterocycles. The molecule has 0 unspecified atom stereocenters. The van der Waals surface area contributed by atoms with Crippen molar-refractivity contribution in [2.45, 2.75) is 44.7 Å². The number of hydrogen-bond donors (Lipinski definition) is 3. The Kier molecular flexibility index (Phi) is 3.92. The van der Waals surface area contributed by atoms with Gasteiger partial charge in [-0.25, -0.2) is 0 Å². The van der Waals surface area contributed by atoms with E-state index in [1.165, 1.54) is 0 Å². The molecule has 0 bridgehead atoms. The van der Waals surface area contributed by atoms with Crippen LogP contribution in [0.15, 0.2) is 24.3 Å². The molecule has 0 aromatic carbocycles. The molecule has 0 radical (unpaired) electrons. The zero-order valence-corrected chi connectivity index (χ0v) is 11.4. The number of hydrogen-bond acceptors (Lipinski definition) is 4. The predicted octanol–water partition coefficient (Wildman–Crippen LogP) is 1.14. The molecule has 4 heteroatoms. The first-order valence-electron chi connectivity index (χ1n) is 6.63. The van der Waals surface area contributed by atoms with Gasteiger partial charge in [0.25, 0.3) is 0 Å². The highest BCUT2D eigenvalue weighted by atomic mass is 16.7. The molecule has 0 amide bonds. The summed E-state index contributed by atoms with van der Waals surface area (Å²) >= 11 is 0. The minimum atomic E-state index is -1.30. The maximum Gasteiger partial charge on any atom is 0.232 e. The second-order valence-corrected chi connectivity index (χ2v) is 6.07. The Bertz CT molecular complexity index is 342. The minimum absolute atomic E-state index is 0.0534. The molecule has 4 nitrogen and oxygen atoms in total. The second kappa shape index (κ2) is 5.13. The van der Waals surface area contributed by atoms with Crippen LogP contribution in [-0.4, -0.2) is 35.7 Å². The van der Waals surface area contributed by atoms with Gasteiger partial charge in [0.15, 0.2) is 0 Å². The van der Waals surface area contributed by atoms with Gasteiger partial charge in [-0.2, -0.15) is 0 Å². The molecule has 0 spiro atoms. The molecule has 18 heavy (non-hydrogen) atoms. The van der Waals surface area contributed by atoms with E-state index < -0.39 is 11.5 Å². The number of ether oxygens (including phenoxy) is 1. The first-order chi connectivity index (χ1) is 8.39. The van der Waals surface area contributed by atoms with Crippen molar-refractivity contribution in [2.75, 3.05) is 13.1 Å². The second-order valence-electron chi connectivity index (χ2n) is 6.07. The topological polar surface area (TPSA) is 53.5 Å². The van der Waals surface area contributed by atoms with E-state index in [9.17, 15) is 5.11 Å². The van der Waals surface area contributed by atoms with E-state index >= 15 is 0 Å². The van der Waals surface area contributed by atoms with Crippen molar-refractivity contribution in [3.63, 3.8) is 0 Å². The van der Waals surface area contributed by atoms with Crippen LogP contribution in [0.4, 0.5) is 0 Å². The third-order valence-electron chi connectivity index (χ3n) is 3.14. The van der Waals surface area contributed by atoms with Gasteiger partial charge >= 0.3 is 0 Å². The lowest BCUT2D eigenvalue weighted by Crippen LogP contribution is -2.67. The average Bonchev–Trinajstić information content (AvgIpc) is 2.23. The first-order valence-corrected chi connectivity index (χ1v) is 6.63. The van der Waals surface area contributed by atoms with Gasteiger partial charge in [0.1, 0.15) is 0 Å². The number of rotatable bonds is 4. The molecular formula is C14H24N2O2. The smallest absolute Gasteiger partial charge is 0.232 e. The fraction of sp³-hybridized carbons (Fsp3) is 0.714. The Labute approximate surface area is 109 Å². The van der Waals surface area contributed by atoms with Gasteiger partial charge in [-0.3, -0.25) is 5.32 Å². The summed E-state index contributed by atoms with van der Waals surface area (Å²) in [5, 5.41) is 17.3. The summed E-state index contributed by atoms with van der Waals surface area (Å²) in [5.41, 5.74) is -0.395. The van der Waals surface area contributed by atoms with Crippen molar-refractivity contribution in [2.24, 2.45) is 5.92 Å². The Morgan fingerprint density at radius 2 is 2.00 bits per heavy atom. The largest absolute Gasteiger partial charge is 0.353 e. The molecule has 2 atom stereocenters. The van der Waals surface area contributed by atoms with Crippen molar-refractivity contribution in [3.05, 3.63) is 24.3 Å². The molecule has 1 aliphatic carbocycles. The third-order valence-corrected chi connectivity index (χ3v) is 3.14. The predicted molar refractivity (Wildman–Crippen MR) is 72.0 cm³/mol. The van der Waals surface area contributed by atoms with Crippen molar-refractivity contribution in [1.82, 2.24) is 10.6 Å². The monoisotopic (exact) mass is 252 g/mol. The number of allylic oxidation sites excluding steroid dienone is 3. The molecule has 1 saturated heterocycles. The Hall–Kier alpha value is -0.680. The molecule has 0 aromatic heterocycles. The number of nitrogens with one attached hydrogen (secondary N) is 2. The van der Waals surface area contributed by atoms with E-state index in [1.807, 2.05) is 39.0 Å². The molecule has 2 aliphatic rings. The first kappa shape index (κ1) is 13.7. The summed E-state index contributed by atoms with van der Waals surface area (Å²) in [5.74, 6) is -1.35. The summed E-state index contributed by atoms with van der Waals surface area (Å²) in [7, 11) is 0. The van der Waals surface area contributed by atoms with Crippen LogP contribution in [0.5, 0.6) is 0 Å². The van der Waals surface area contributed by atoms with Crippen LogP contribution in [-0.2, 0) is 4.74 Å². The molecule has 102 valence electrons. The van der Waals surface area contributed by atoms with E-state index in [0.717, 1.165) is 19.5 Å². The molecule has 0 aromatic rings. The molecule has 0 saturated carbocycles. The van der Waals surface area contributed by atoms with Crippen molar-refractivity contribution in [1.29, 1.82) is 0 Å². The van der Waals surface area contributed by atoms with Gasteiger partial charge in [0, 0.05) is 25.0 Å². The highest BCUT2D eigenvalue weighted by molar-refractivity contribution is 5.13. The van der Waals surface area contributed by atoms with Gasteiger partial charge < -0.3 is 15.2 Å². The lowest BCUT2D eigenvalue weighted by molar-refractivity contribution is -0.295. The van der Waals surface area contributed by atoms with Crippen LogP contribution in [0, 0.1) is 5.92 Å². The molecule has 2 rings (SSSR count). The summed E-state index contributed by atoms with van der Waals surface area (Å²) in [6.45, 7) is 7.63. The fourth-order valence-electron chi connectivity index (χ4n) is 2.23. The third kappa shape index (κ3) is 3.42. The van der Waals surface area contributed by atoms with E-state index in [1.54, 1.807) is 0 Å². The van der Waals surface area contributed by atoms with Gasteiger partial charge in [-0.05, 0) is 27.2 Å². The lowest BCUT2D eigenvalue weighted by atomic mass is 9.94. The van der Waals surface area contributed by atoms with Crippen LogP contribution in [0.2, 0.25) is 0 Å². The van der Waals surface area contributed by atoms with Crippen LogP contribution >= 0.6 is 0 Å². The van der Waals surface area contributed by atoms with E-state index in [2.05, 4.69) is 16.7 Å². The van der Waals surface area contributed by atoms with Gasteiger partial charge in [0.2, 0.25) is 5.91 Å². The fourth-order valence-corrected chi connectivity index (χ4v) is 2.23. The van der Waals surface area contributed by atoms with E-state index in [4.69, 9.17) is 4.74 Å². The van der Waals surface area contributed by atoms with Gasteiger partial charge in [-0.1, -0.05) is 24.3 Å². The molecule has 1 heterocycles. The van der Waals surface area contributed by atoms with Crippen molar-refractivity contribution >= 4 is 0 Å². The molecular weight excluding hydrogens is 228 g/mol. The quantitative estimate of drug-likeness (QED) is 0.657. The SMILES string of the molecule is CC(C)(C)O[C@](O)(NC1CNC1)[C@H]1C=CC=CC1. The average molecular weight is 252 g/mol. The maximum absolute atomic E-state index is 10.9. The summed E-state index contributed by atoms with van der Waals surface area (Å²) in [4.78, 5) is 0.